The van der Waals surface area contributed by atoms with Gasteiger partial charge in [0.15, 0.2) is 0 Å². The monoisotopic (exact) mass is 349 g/mol. The molecule has 6 heteroatoms. The second-order valence-electron chi connectivity index (χ2n) is 6.39. The highest BCUT2D eigenvalue weighted by molar-refractivity contribution is 8.00. The zero-order valence-electron chi connectivity index (χ0n) is 13.6. The van der Waals surface area contributed by atoms with Gasteiger partial charge in [-0.1, -0.05) is 18.2 Å². The highest BCUT2D eigenvalue weighted by Crippen LogP contribution is 2.33. The Balaban J connectivity index is 1.46. The number of benzene rings is 1. The summed E-state index contributed by atoms with van der Waals surface area (Å²) < 4.78 is 5.68. The smallest absolute Gasteiger partial charge is 0.309 e. The number of piperidine rings is 1. The fraction of sp³-hybridized carbons (Fsp3) is 0.556. The van der Waals surface area contributed by atoms with Crippen molar-refractivity contribution in [2.75, 3.05) is 25.4 Å². The van der Waals surface area contributed by atoms with Gasteiger partial charge in [-0.2, -0.15) is 0 Å². The number of nitrogens with zero attached hydrogens (tertiary/aromatic N) is 1. The fourth-order valence-corrected chi connectivity index (χ4v) is 4.39. The second kappa shape index (κ2) is 8.03. The van der Waals surface area contributed by atoms with Gasteiger partial charge in [-0.05, 0) is 37.3 Å². The number of rotatable bonds is 5. The van der Waals surface area contributed by atoms with Crippen LogP contribution < -0.4 is 0 Å². The predicted molar refractivity (Wildman–Crippen MR) is 92.0 cm³/mol. The number of likely N-dealkylation sites (tertiary alicyclic amines) is 1. The van der Waals surface area contributed by atoms with Crippen molar-refractivity contribution in [2.24, 2.45) is 11.8 Å². The third kappa shape index (κ3) is 4.11. The normalized spacial score (nSPS) is 24.9. The number of carboxylic acids is 1. The lowest BCUT2D eigenvalue weighted by molar-refractivity contribution is -0.145. The molecule has 0 aromatic heterocycles. The summed E-state index contributed by atoms with van der Waals surface area (Å²) in [5.41, 5.74) is 0. The molecule has 1 amide bonds. The molecule has 5 nitrogen and oxygen atoms in total. The van der Waals surface area contributed by atoms with E-state index in [-0.39, 0.29) is 23.8 Å². The van der Waals surface area contributed by atoms with Crippen LogP contribution >= 0.6 is 11.8 Å². The molecule has 2 aliphatic rings. The quantitative estimate of drug-likeness (QED) is 0.828. The summed E-state index contributed by atoms with van der Waals surface area (Å²) >= 11 is 1.56. The van der Waals surface area contributed by atoms with E-state index >= 15 is 0 Å². The zero-order valence-corrected chi connectivity index (χ0v) is 14.4. The van der Waals surface area contributed by atoms with Crippen molar-refractivity contribution in [3.8, 4) is 0 Å². The molecule has 0 aliphatic carbocycles. The van der Waals surface area contributed by atoms with E-state index in [4.69, 9.17) is 4.74 Å². The summed E-state index contributed by atoms with van der Waals surface area (Å²) in [5.74, 6) is -0.281. The Morgan fingerprint density at radius 2 is 1.88 bits per heavy atom. The lowest BCUT2D eigenvalue weighted by atomic mass is 9.84. The molecule has 2 heterocycles. The first-order chi connectivity index (χ1) is 11.6. The molecule has 1 aromatic rings. The minimum atomic E-state index is -0.754. The Hall–Kier alpha value is -1.53. The molecule has 1 aromatic carbocycles. The van der Waals surface area contributed by atoms with Crippen molar-refractivity contribution >= 4 is 23.6 Å². The average molecular weight is 349 g/mol. The first-order valence-corrected chi connectivity index (χ1v) is 9.44. The summed E-state index contributed by atoms with van der Waals surface area (Å²) in [7, 11) is 0. The van der Waals surface area contributed by atoms with Gasteiger partial charge in [-0.25, -0.2) is 0 Å². The van der Waals surface area contributed by atoms with E-state index in [1.54, 1.807) is 11.8 Å². The molecular formula is C18H23NO4S. The van der Waals surface area contributed by atoms with E-state index in [1.807, 2.05) is 35.2 Å². The number of aliphatic carboxylic acids is 1. The van der Waals surface area contributed by atoms with Crippen LogP contribution in [0.15, 0.2) is 35.2 Å². The lowest BCUT2D eigenvalue weighted by Gasteiger charge is -2.35. The van der Waals surface area contributed by atoms with Gasteiger partial charge in [-0.3, -0.25) is 9.59 Å². The molecule has 2 atom stereocenters. The van der Waals surface area contributed by atoms with Crippen LogP contribution in [0.25, 0.3) is 0 Å². The minimum absolute atomic E-state index is 0.157. The molecule has 0 spiro atoms. The molecule has 2 saturated heterocycles. The minimum Gasteiger partial charge on any atom is -0.481 e. The highest BCUT2D eigenvalue weighted by atomic mass is 32.2. The molecule has 0 bridgehead atoms. The predicted octanol–water partition coefficient (Wildman–Crippen LogP) is 2.51. The summed E-state index contributed by atoms with van der Waals surface area (Å²) in [5, 5.41) is 9.29. The Bertz CT molecular complexity index is 572. The van der Waals surface area contributed by atoms with Gasteiger partial charge in [-0.15, -0.1) is 11.8 Å². The summed E-state index contributed by atoms with van der Waals surface area (Å²) in [4.78, 5) is 26.7. The van der Waals surface area contributed by atoms with Crippen LogP contribution in [-0.4, -0.2) is 53.4 Å². The molecule has 130 valence electrons. The SMILES string of the molecule is O=C(O)C1CCO[C@H]1C1CCN(C(=O)CSc2ccccc2)CC1. The zero-order chi connectivity index (χ0) is 16.9. The molecular weight excluding hydrogens is 326 g/mol. The second-order valence-corrected chi connectivity index (χ2v) is 7.44. The van der Waals surface area contributed by atoms with Gasteiger partial charge in [0, 0.05) is 24.6 Å². The fourth-order valence-electron chi connectivity index (χ4n) is 3.57. The lowest BCUT2D eigenvalue weighted by Crippen LogP contribution is -2.43. The van der Waals surface area contributed by atoms with E-state index in [0.29, 0.717) is 31.9 Å². The van der Waals surface area contributed by atoms with E-state index in [9.17, 15) is 14.7 Å². The summed E-state index contributed by atoms with van der Waals surface area (Å²) in [6, 6.07) is 9.92. The molecule has 0 saturated carbocycles. The molecule has 2 fully saturated rings. The topological polar surface area (TPSA) is 66.8 Å². The van der Waals surface area contributed by atoms with Crippen LogP contribution in [0.3, 0.4) is 0 Å². The number of amides is 1. The summed E-state index contributed by atoms with van der Waals surface area (Å²) in [6.07, 6.45) is 2.08. The standard InChI is InChI=1S/C18H23NO4S/c20-16(12-24-14-4-2-1-3-5-14)19-9-6-13(7-10-19)17-15(18(21)22)8-11-23-17/h1-5,13,15,17H,6-12H2,(H,21,22)/t15?,17-/m0/s1. The number of thioether (sulfide) groups is 1. The number of hydrogen-bond acceptors (Lipinski definition) is 4. The number of hydrogen-bond donors (Lipinski definition) is 1. The number of carbonyl (C=O) groups is 2. The number of carboxylic acid groups (broad SMARTS) is 1. The van der Waals surface area contributed by atoms with E-state index < -0.39 is 5.97 Å². The molecule has 0 radical (unpaired) electrons. The first kappa shape index (κ1) is 17.3. The van der Waals surface area contributed by atoms with Crippen LogP contribution in [0.5, 0.6) is 0 Å². The van der Waals surface area contributed by atoms with Crippen LogP contribution in [0.2, 0.25) is 0 Å². The number of ether oxygens (including phenoxy) is 1. The largest absolute Gasteiger partial charge is 0.481 e. The third-order valence-corrected chi connectivity index (χ3v) is 5.91. The van der Waals surface area contributed by atoms with Gasteiger partial charge >= 0.3 is 5.97 Å². The maximum atomic E-state index is 12.4. The molecule has 2 aliphatic heterocycles. The van der Waals surface area contributed by atoms with Crippen molar-refractivity contribution in [1.29, 1.82) is 0 Å². The Morgan fingerprint density at radius 1 is 1.17 bits per heavy atom. The first-order valence-electron chi connectivity index (χ1n) is 8.45. The maximum Gasteiger partial charge on any atom is 0.309 e. The van der Waals surface area contributed by atoms with Crippen LogP contribution in [0.4, 0.5) is 0 Å². The van der Waals surface area contributed by atoms with Gasteiger partial charge < -0.3 is 14.7 Å². The van der Waals surface area contributed by atoms with Gasteiger partial charge in [0.05, 0.1) is 17.8 Å². The molecule has 3 rings (SSSR count). The van der Waals surface area contributed by atoms with E-state index in [2.05, 4.69) is 0 Å². The Kier molecular flexibility index (Phi) is 5.79. The van der Waals surface area contributed by atoms with Crippen LogP contribution in [0, 0.1) is 11.8 Å². The average Bonchev–Trinajstić information content (AvgIpc) is 3.11. The van der Waals surface area contributed by atoms with Crippen LogP contribution in [-0.2, 0) is 14.3 Å². The van der Waals surface area contributed by atoms with Crippen molar-refractivity contribution in [1.82, 2.24) is 4.90 Å². The van der Waals surface area contributed by atoms with Gasteiger partial charge in [0.25, 0.3) is 0 Å². The van der Waals surface area contributed by atoms with E-state index in [0.717, 1.165) is 17.7 Å². The van der Waals surface area contributed by atoms with Crippen molar-refractivity contribution in [2.45, 2.75) is 30.3 Å². The Morgan fingerprint density at radius 3 is 2.54 bits per heavy atom. The van der Waals surface area contributed by atoms with Crippen molar-refractivity contribution in [3.63, 3.8) is 0 Å². The van der Waals surface area contributed by atoms with Crippen LogP contribution in [0.1, 0.15) is 19.3 Å². The molecule has 24 heavy (non-hydrogen) atoms. The van der Waals surface area contributed by atoms with Gasteiger partial charge in [0.2, 0.25) is 5.91 Å². The van der Waals surface area contributed by atoms with Crippen molar-refractivity contribution in [3.05, 3.63) is 30.3 Å². The van der Waals surface area contributed by atoms with Gasteiger partial charge in [0.1, 0.15) is 0 Å². The van der Waals surface area contributed by atoms with E-state index in [1.165, 1.54) is 0 Å². The molecule has 1 unspecified atom stereocenters. The molecule has 1 N–H and O–H groups in total. The number of carbonyl (C=O) groups excluding carboxylic acids is 1. The maximum absolute atomic E-state index is 12.4. The Labute approximate surface area is 146 Å². The summed E-state index contributed by atoms with van der Waals surface area (Å²) in [6.45, 7) is 1.94. The highest BCUT2D eigenvalue weighted by Gasteiger charge is 2.40. The van der Waals surface area contributed by atoms with Crippen molar-refractivity contribution < 1.29 is 19.4 Å². The third-order valence-electron chi connectivity index (χ3n) is 4.92.